The number of Topliss-reactive ketones (excluding diaryl/α,β-unsaturated/α-hetero) is 1. The zero-order valence-corrected chi connectivity index (χ0v) is 30.9. The van der Waals surface area contributed by atoms with Gasteiger partial charge in [0, 0.05) is 43.4 Å². The quantitative estimate of drug-likeness (QED) is 0.103. The van der Waals surface area contributed by atoms with E-state index >= 15 is 0 Å². The second kappa shape index (κ2) is 17.5. The zero-order chi connectivity index (χ0) is 38.3. The first-order chi connectivity index (χ1) is 26.7. The van der Waals surface area contributed by atoms with Crippen molar-refractivity contribution in [3.8, 4) is 0 Å². The van der Waals surface area contributed by atoms with Crippen LogP contribution in [0.2, 0.25) is 0 Å². The van der Waals surface area contributed by atoms with Gasteiger partial charge in [-0.15, -0.1) is 0 Å². The average Bonchev–Trinajstić information content (AvgIpc) is 3.85. The minimum atomic E-state index is -0.483. The first-order valence-electron chi connectivity index (χ1n) is 19.5. The molecule has 0 aliphatic carbocycles. The molecule has 0 saturated carbocycles. The fraction of sp³-hybridized carbons (Fsp3) is 0.463. The summed E-state index contributed by atoms with van der Waals surface area (Å²) < 4.78 is 30.1. The van der Waals surface area contributed by atoms with Crippen molar-refractivity contribution in [1.29, 1.82) is 0 Å². The summed E-state index contributed by atoms with van der Waals surface area (Å²) >= 11 is 0. The van der Waals surface area contributed by atoms with Crippen molar-refractivity contribution < 1.29 is 28.0 Å². The Balaban J connectivity index is 0.784. The molecule has 5 heterocycles. The number of halogens is 2. The largest absolute Gasteiger partial charge is 0.374 e. The number of hydrogen-bond acceptors (Lipinski definition) is 9. The highest BCUT2D eigenvalue weighted by molar-refractivity contribution is 6.01. The predicted molar refractivity (Wildman–Crippen MR) is 204 cm³/mol. The Morgan fingerprint density at radius 2 is 1.71 bits per heavy atom. The van der Waals surface area contributed by atoms with Crippen molar-refractivity contribution in [3.05, 3.63) is 89.2 Å². The maximum atomic E-state index is 14.6. The first-order valence-corrected chi connectivity index (χ1v) is 19.5. The molecule has 4 aromatic rings. The van der Waals surface area contributed by atoms with Gasteiger partial charge in [0.2, 0.25) is 11.8 Å². The van der Waals surface area contributed by atoms with Gasteiger partial charge in [0.15, 0.2) is 5.65 Å². The Morgan fingerprint density at radius 1 is 0.909 bits per heavy atom. The molecule has 0 bridgehead atoms. The van der Waals surface area contributed by atoms with Crippen molar-refractivity contribution in [3.63, 3.8) is 0 Å². The van der Waals surface area contributed by atoms with Crippen LogP contribution >= 0.6 is 0 Å². The van der Waals surface area contributed by atoms with E-state index in [1.165, 1.54) is 22.3 Å². The highest BCUT2D eigenvalue weighted by Gasteiger charge is 2.31. The molecular formula is C41H48F2N8O4. The molecule has 3 saturated heterocycles. The number of carbonyl (C=O) groups is 4. The number of anilines is 2. The van der Waals surface area contributed by atoms with Gasteiger partial charge < -0.3 is 15.5 Å². The smallest absolute Gasteiger partial charge is 0.256 e. The van der Waals surface area contributed by atoms with Gasteiger partial charge in [0.05, 0.1) is 18.8 Å². The number of amides is 3. The molecule has 3 N–H and O–H groups in total. The molecule has 2 aromatic carbocycles. The van der Waals surface area contributed by atoms with E-state index in [1.54, 1.807) is 12.3 Å². The lowest BCUT2D eigenvalue weighted by atomic mass is 9.89. The van der Waals surface area contributed by atoms with Crippen molar-refractivity contribution in [2.75, 3.05) is 42.9 Å². The van der Waals surface area contributed by atoms with E-state index in [2.05, 4.69) is 38.1 Å². The Bertz CT molecular complexity index is 2010. The average molecular weight is 755 g/mol. The van der Waals surface area contributed by atoms with Crippen molar-refractivity contribution in [2.45, 2.75) is 88.6 Å². The normalized spacial score (nSPS) is 19.5. The number of fused-ring (bicyclic) bond motifs is 1. The number of imide groups is 1. The van der Waals surface area contributed by atoms with E-state index in [-0.39, 0.29) is 29.5 Å². The summed E-state index contributed by atoms with van der Waals surface area (Å²) in [5.74, 6) is -0.438. The summed E-state index contributed by atoms with van der Waals surface area (Å²) in [4.78, 5) is 58.2. The fourth-order valence-corrected chi connectivity index (χ4v) is 8.05. The summed E-state index contributed by atoms with van der Waals surface area (Å²) in [5.41, 5.74) is 3.17. The van der Waals surface area contributed by atoms with Crippen LogP contribution in [0.15, 0.2) is 60.9 Å². The summed E-state index contributed by atoms with van der Waals surface area (Å²) in [7, 11) is 0. The molecule has 7 rings (SSSR count). The van der Waals surface area contributed by atoms with E-state index in [0.29, 0.717) is 73.8 Å². The maximum absolute atomic E-state index is 14.6. The maximum Gasteiger partial charge on any atom is 0.256 e. The Hall–Kier alpha value is -5.24. The number of hydrogen-bond donors (Lipinski definition) is 3. The van der Waals surface area contributed by atoms with Crippen molar-refractivity contribution >= 4 is 40.7 Å². The molecule has 1 unspecified atom stereocenters. The SMILES string of the molecule is O=C(CCCCCCNC(=O)c1cnn2ccc(N3CCC[C@H]3c3cc(F)ccc3F)nc12)CN1CCC(c2ccc(NC3CCC(=O)NC3=O)cc2)CC1. The van der Waals surface area contributed by atoms with Crippen molar-refractivity contribution in [1.82, 2.24) is 30.1 Å². The van der Waals surface area contributed by atoms with Crippen molar-refractivity contribution in [2.24, 2.45) is 0 Å². The van der Waals surface area contributed by atoms with Gasteiger partial charge in [0.1, 0.15) is 34.8 Å². The van der Waals surface area contributed by atoms with Crippen LogP contribution in [0.3, 0.4) is 0 Å². The fourth-order valence-electron chi connectivity index (χ4n) is 8.05. The summed E-state index contributed by atoms with van der Waals surface area (Å²) in [6.07, 6.45) is 11.5. The number of ketones is 1. The lowest BCUT2D eigenvalue weighted by molar-refractivity contribution is -0.133. The summed E-state index contributed by atoms with van der Waals surface area (Å²) in [5, 5.41) is 12.9. The van der Waals surface area contributed by atoms with Crippen LogP contribution in [0.5, 0.6) is 0 Å². The third-order valence-corrected chi connectivity index (χ3v) is 11.1. The molecule has 3 fully saturated rings. The molecule has 2 atom stereocenters. The number of nitrogens with one attached hydrogen (secondary N) is 3. The number of carbonyl (C=O) groups excluding carboxylic acids is 4. The molecule has 2 aromatic heterocycles. The first kappa shape index (κ1) is 38.1. The highest BCUT2D eigenvalue weighted by Crippen LogP contribution is 2.37. The molecule has 55 heavy (non-hydrogen) atoms. The molecule has 0 radical (unpaired) electrons. The number of nitrogens with zero attached hydrogens (tertiary/aromatic N) is 5. The lowest BCUT2D eigenvalue weighted by Crippen LogP contribution is -2.47. The van der Waals surface area contributed by atoms with Gasteiger partial charge in [-0.3, -0.25) is 29.4 Å². The number of unbranched alkanes of at least 4 members (excludes halogenated alkanes) is 3. The number of aromatic nitrogens is 3. The minimum Gasteiger partial charge on any atom is -0.374 e. The minimum absolute atomic E-state index is 0.224. The van der Waals surface area contributed by atoms with E-state index in [9.17, 15) is 28.0 Å². The van der Waals surface area contributed by atoms with Crippen LogP contribution in [-0.4, -0.2) is 81.8 Å². The summed E-state index contributed by atoms with van der Waals surface area (Å²) in [6.45, 7) is 3.36. The molecule has 3 aliphatic rings. The van der Waals surface area contributed by atoms with Crippen LogP contribution in [0.25, 0.3) is 5.65 Å². The van der Waals surface area contributed by atoms with Gasteiger partial charge in [-0.25, -0.2) is 18.3 Å². The zero-order valence-electron chi connectivity index (χ0n) is 30.9. The predicted octanol–water partition coefficient (Wildman–Crippen LogP) is 5.70. The molecule has 0 spiro atoms. The van der Waals surface area contributed by atoms with Crippen LogP contribution in [0, 0.1) is 11.6 Å². The third-order valence-electron chi connectivity index (χ3n) is 11.1. The molecule has 12 nitrogen and oxygen atoms in total. The van der Waals surface area contributed by atoms with Gasteiger partial charge >= 0.3 is 0 Å². The van der Waals surface area contributed by atoms with E-state index in [0.717, 1.165) is 75.9 Å². The van der Waals surface area contributed by atoms with Gasteiger partial charge in [-0.05, 0) is 106 Å². The molecule has 290 valence electrons. The number of rotatable bonds is 15. The van der Waals surface area contributed by atoms with Gasteiger partial charge in [-0.1, -0.05) is 25.0 Å². The van der Waals surface area contributed by atoms with Gasteiger partial charge in [-0.2, -0.15) is 5.10 Å². The van der Waals surface area contributed by atoms with Gasteiger partial charge in [0.25, 0.3) is 5.91 Å². The molecule has 3 aliphatic heterocycles. The molecular weight excluding hydrogens is 706 g/mol. The topological polar surface area (TPSA) is 141 Å². The summed E-state index contributed by atoms with van der Waals surface area (Å²) in [6, 6.07) is 12.7. The van der Waals surface area contributed by atoms with Crippen LogP contribution < -0.4 is 20.9 Å². The Morgan fingerprint density at radius 3 is 2.51 bits per heavy atom. The monoisotopic (exact) mass is 754 g/mol. The molecule has 14 heteroatoms. The second-order valence-corrected chi connectivity index (χ2v) is 14.9. The number of benzene rings is 2. The number of likely N-dealkylation sites (tertiary alicyclic amines) is 1. The Kier molecular flexibility index (Phi) is 12.1. The second-order valence-electron chi connectivity index (χ2n) is 14.9. The Labute approximate surface area is 319 Å². The van der Waals surface area contributed by atoms with Crippen LogP contribution in [0.1, 0.15) is 104 Å². The van der Waals surface area contributed by atoms with Crippen LogP contribution in [0.4, 0.5) is 20.3 Å². The van der Waals surface area contributed by atoms with E-state index < -0.39 is 17.7 Å². The lowest BCUT2D eigenvalue weighted by Gasteiger charge is -2.32. The van der Waals surface area contributed by atoms with E-state index in [1.807, 2.05) is 17.0 Å². The number of piperidine rings is 2. The van der Waals surface area contributed by atoms with Crippen LogP contribution in [-0.2, 0) is 14.4 Å². The standard InChI is InChI=1S/C41H48F2N8O4/c42-29-10-13-34(43)32(24-29)36-7-5-20-50(36)37-18-23-51-39(47-37)33(25-45-51)40(54)44-19-4-2-1-3-6-31(52)26-49-21-16-28(17-22-49)27-8-11-30(12-9-27)46-35-14-15-38(53)48-41(35)55/h8-13,18,23-25,28,35-36,46H,1-7,14-17,19-22,26H2,(H,44,54)(H,48,53,55)/t35?,36-/m0/s1. The van der Waals surface area contributed by atoms with E-state index in [4.69, 9.17) is 4.98 Å². The third kappa shape index (κ3) is 9.35. The molecule has 3 amide bonds. The highest BCUT2D eigenvalue weighted by atomic mass is 19.1.